The second-order valence-corrected chi connectivity index (χ2v) is 7.14. The Bertz CT molecular complexity index is 434. The minimum absolute atomic E-state index is 0.241. The Kier molecular flexibility index (Phi) is 6.22. The van der Waals surface area contributed by atoms with Crippen LogP contribution in [0.2, 0.25) is 0 Å². The Morgan fingerprint density at radius 2 is 1.61 bits per heavy atom. The summed E-state index contributed by atoms with van der Waals surface area (Å²) in [5, 5.41) is 0. The Hall–Kier alpha value is -0.480. The van der Waals surface area contributed by atoms with Crippen LogP contribution in [0, 0.1) is 0 Å². The van der Waals surface area contributed by atoms with Crippen LogP contribution in [0.15, 0.2) is 29.2 Å². The molecule has 1 unspecified atom stereocenters. The lowest BCUT2D eigenvalue weighted by Crippen LogP contribution is -1.99. The number of benzene rings is 1. The zero-order chi connectivity index (χ0) is 13.6. The SMILES string of the molecule is CCOP(=O)(Cc1ccc(S(C)=O)cc1)OCC. The maximum absolute atomic E-state index is 12.3. The van der Waals surface area contributed by atoms with Crippen molar-refractivity contribution >= 4 is 18.4 Å². The summed E-state index contributed by atoms with van der Waals surface area (Å²) < 4.78 is 34.0. The van der Waals surface area contributed by atoms with E-state index >= 15 is 0 Å². The molecule has 0 aliphatic carbocycles. The molecule has 0 radical (unpaired) electrons. The molecule has 18 heavy (non-hydrogen) atoms. The lowest BCUT2D eigenvalue weighted by molar-refractivity contribution is 0.219. The fourth-order valence-corrected chi connectivity index (χ4v) is 3.75. The minimum atomic E-state index is -3.06. The summed E-state index contributed by atoms with van der Waals surface area (Å²) in [6, 6.07) is 7.16. The first-order valence-corrected chi connectivity index (χ1v) is 9.10. The highest BCUT2D eigenvalue weighted by atomic mass is 32.2. The highest BCUT2D eigenvalue weighted by molar-refractivity contribution is 7.84. The highest BCUT2D eigenvalue weighted by Crippen LogP contribution is 2.51. The third kappa shape index (κ3) is 4.65. The maximum Gasteiger partial charge on any atom is 0.335 e. The van der Waals surface area contributed by atoms with Crippen LogP contribution in [-0.2, 0) is 30.6 Å². The summed E-state index contributed by atoms with van der Waals surface area (Å²) in [5.74, 6) is 0. The van der Waals surface area contributed by atoms with Gasteiger partial charge in [0.2, 0.25) is 0 Å². The van der Waals surface area contributed by atoms with Gasteiger partial charge in [-0.15, -0.1) is 0 Å². The molecule has 0 bridgehead atoms. The molecule has 1 aromatic rings. The monoisotopic (exact) mass is 290 g/mol. The van der Waals surface area contributed by atoms with Gasteiger partial charge in [-0.25, -0.2) is 0 Å². The predicted octanol–water partition coefficient (Wildman–Crippen LogP) is 3.19. The van der Waals surface area contributed by atoms with Crippen molar-refractivity contribution in [2.45, 2.75) is 24.9 Å². The summed E-state index contributed by atoms with van der Waals surface area (Å²) in [7, 11) is -4.05. The van der Waals surface area contributed by atoms with Gasteiger partial charge in [0.1, 0.15) is 0 Å². The fraction of sp³-hybridized carbons (Fsp3) is 0.500. The van der Waals surface area contributed by atoms with Crippen LogP contribution in [0.3, 0.4) is 0 Å². The first kappa shape index (κ1) is 15.6. The molecule has 4 nitrogen and oxygen atoms in total. The lowest BCUT2D eigenvalue weighted by Gasteiger charge is -2.16. The van der Waals surface area contributed by atoms with E-state index in [4.69, 9.17) is 9.05 Å². The Balaban J connectivity index is 2.81. The van der Waals surface area contributed by atoms with Crippen molar-refractivity contribution in [3.05, 3.63) is 29.8 Å². The van der Waals surface area contributed by atoms with Gasteiger partial charge in [-0.2, -0.15) is 0 Å². The van der Waals surface area contributed by atoms with E-state index in [0.29, 0.717) is 13.2 Å². The first-order chi connectivity index (χ1) is 8.50. The van der Waals surface area contributed by atoms with Gasteiger partial charge < -0.3 is 9.05 Å². The van der Waals surface area contributed by atoms with Crippen molar-refractivity contribution in [3.8, 4) is 0 Å². The van der Waals surface area contributed by atoms with E-state index in [0.717, 1.165) is 10.5 Å². The van der Waals surface area contributed by atoms with Crippen molar-refractivity contribution in [2.75, 3.05) is 19.5 Å². The Morgan fingerprint density at radius 3 is 2.00 bits per heavy atom. The number of hydrogen-bond acceptors (Lipinski definition) is 4. The molecule has 0 heterocycles. The van der Waals surface area contributed by atoms with Gasteiger partial charge >= 0.3 is 7.60 Å². The molecular weight excluding hydrogens is 271 g/mol. The van der Waals surface area contributed by atoms with Gasteiger partial charge in [0.25, 0.3) is 0 Å². The van der Waals surface area contributed by atoms with E-state index in [1.807, 2.05) is 0 Å². The molecule has 0 fully saturated rings. The van der Waals surface area contributed by atoms with Crippen LogP contribution in [0.4, 0.5) is 0 Å². The largest absolute Gasteiger partial charge is 0.335 e. The van der Waals surface area contributed by atoms with Crippen LogP contribution in [0.5, 0.6) is 0 Å². The molecule has 0 N–H and O–H groups in total. The van der Waals surface area contributed by atoms with Crippen LogP contribution in [-0.4, -0.2) is 23.7 Å². The van der Waals surface area contributed by atoms with Gasteiger partial charge in [0.05, 0.1) is 19.4 Å². The summed E-state index contributed by atoms with van der Waals surface area (Å²) in [4.78, 5) is 0.751. The highest BCUT2D eigenvalue weighted by Gasteiger charge is 2.23. The standard InChI is InChI=1S/C12H19O4PS/c1-4-15-17(13,16-5-2)10-11-6-8-12(9-7-11)18(3)14/h6-9H,4-5,10H2,1-3H3. The average molecular weight is 290 g/mol. The van der Waals surface area contributed by atoms with Gasteiger partial charge in [-0.05, 0) is 31.5 Å². The number of hydrogen-bond donors (Lipinski definition) is 0. The second-order valence-electron chi connectivity index (χ2n) is 3.70. The molecular formula is C12H19O4PS. The van der Waals surface area contributed by atoms with Crippen molar-refractivity contribution in [1.82, 2.24) is 0 Å². The minimum Gasteiger partial charge on any atom is -0.309 e. The summed E-state index contributed by atoms with van der Waals surface area (Å²) >= 11 is 0. The van der Waals surface area contributed by atoms with E-state index in [1.54, 1.807) is 44.4 Å². The van der Waals surface area contributed by atoms with Crippen LogP contribution < -0.4 is 0 Å². The van der Waals surface area contributed by atoms with Crippen molar-refractivity contribution in [3.63, 3.8) is 0 Å². The summed E-state index contributed by atoms with van der Waals surface area (Å²) in [5.41, 5.74) is 0.856. The number of rotatable bonds is 7. The molecule has 0 saturated heterocycles. The van der Waals surface area contributed by atoms with E-state index in [9.17, 15) is 8.77 Å². The summed E-state index contributed by atoms with van der Waals surface area (Å²) in [6.45, 7) is 4.28. The van der Waals surface area contributed by atoms with Crippen LogP contribution in [0.1, 0.15) is 19.4 Å². The molecule has 1 aromatic carbocycles. The third-order valence-corrected chi connectivity index (χ3v) is 5.27. The van der Waals surface area contributed by atoms with Gasteiger partial charge in [-0.1, -0.05) is 12.1 Å². The molecule has 0 amide bonds. The van der Waals surface area contributed by atoms with Crippen molar-refractivity contribution in [1.29, 1.82) is 0 Å². The molecule has 0 aliphatic heterocycles. The molecule has 6 heteroatoms. The van der Waals surface area contributed by atoms with Crippen LogP contribution >= 0.6 is 7.60 Å². The van der Waals surface area contributed by atoms with E-state index < -0.39 is 18.4 Å². The van der Waals surface area contributed by atoms with Crippen molar-refractivity contribution < 1.29 is 17.8 Å². The zero-order valence-electron chi connectivity index (χ0n) is 10.9. The molecule has 0 saturated carbocycles. The molecule has 0 spiro atoms. The molecule has 102 valence electrons. The third-order valence-electron chi connectivity index (χ3n) is 2.28. The second kappa shape index (κ2) is 7.19. The van der Waals surface area contributed by atoms with E-state index in [-0.39, 0.29) is 6.16 Å². The van der Waals surface area contributed by atoms with E-state index in [1.165, 1.54) is 0 Å². The molecule has 1 atom stereocenters. The summed E-state index contributed by atoms with van der Waals surface area (Å²) in [6.07, 6.45) is 1.87. The topological polar surface area (TPSA) is 52.6 Å². The zero-order valence-corrected chi connectivity index (χ0v) is 12.6. The fourth-order valence-electron chi connectivity index (χ4n) is 1.53. The van der Waals surface area contributed by atoms with Crippen molar-refractivity contribution in [2.24, 2.45) is 0 Å². The normalized spacial score (nSPS) is 13.5. The van der Waals surface area contributed by atoms with Gasteiger partial charge in [-0.3, -0.25) is 8.77 Å². The lowest BCUT2D eigenvalue weighted by atomic mass is 10.2. The van der Waals surface area contributed by atoms with Crippen LogP contribution in [0.25, 0.3) is 0 Å². The molecule has 0 aliphatic rings. The predicted molar refractivity (Wildman–Crippen MR) is 73.3 cm³/mol. The Morgan fingerprint density at radius 1 is 1.11 bits per heavy atom. The van der Waals surface area contributed by atoms with Gasteiger partial charge in [0.15, 0.2) is 0 Å². The molecule has 0 aromatic heterocycles. The first-order valence-electron chi connectivity index (χ1n) is 5.81. The molecule has 1 rings (SSSR count). The maximum atomic E-state index is 12.3. The average Bonchev–Trinajstić information content (AvgIpc) is 2.30. The van der Waals surface area contributed by atoms with Gasteiger partial charge in [0, 0.05) is 22.0 Å². The Labute approximate surface area is 111 Å². The quantitative estimate of drug-likeness (QED) is 0.724. The smallest absolute Gasteiger partial charge is 0.309 e. The van der Waals surface area contributed by atoms with E-state index in [2.05, 4.69) is 0 Å².